The van der Waals surface area contributed by atoms with E-state index in [1.807, 2.05) is 0 Å². The van der Waals surface area contributed by atoms with Crippen LogP contribution in [0.2, 0.25) is 0 Å². The molecule has 0 saturated heterocycles. The molecular formula is C10H22O11S2. The minimum atomic E-state index is -3.77. The summed E-state index contributed by atoms with van der Waals surface area (Å²) < 4.78 is 68.1. The summed E-state index contributed by atoms with van der Waals surface area (Å²) in [7, 11) is -7.55. The molecule has 140 valence electrons. The summed E-state index contributed by atoms with van der Waals surface area (Å²) in [6.45, 7) is -2.31. The zero-order chi connectivity index (χ0) is 17.9. The number of ether oxygens (including phenoxy) is 3. The highest BCUT2D eigenvalue weighted by Gasteiger charge is 2.20. The van der Waals surface area contributed by atoms with Crippen LogP contribution in [-0.2, 0) is 42.8 Å². The minimum absolute atomic E-state index is 0.256. The lowest BCUT2D eigenvalue weighted by Gasteiger charge is -2.19. The lowest BCUT2D eigenvalue weighted by Crippen LogP contribution is -2.33. The van der Waals surface area contributed by atoms with E-state index < -0.39 is 46.0 Å². The van der Waals surface area contributed by atoms with Gasteiger partial charge in [0.05, 0.1) is 38.9 Å². The van der Waals surface area contributed by atoms with E-state index in [1.165, 1.54) is 0 Å². The summed E-state index contributed by atoms with van der Waals surface area (Å²) in [6.07, 6.45) is -0.391. The van der Waals surface area contributed by atoms with Gasteiger partial charge in [-0.2, -0.15) is 16.8 Å². The van der Waals surface area contributed by atoms with Gasteiger partial charge in [-0.3, -0.25) is 8.37 Å². The highest BCUT2D eigenvalue weighted by atomic mass is 32.2. The molecule has 2 atom stereocenters. The van der Waals surface area contributed by atoms with Gasteiger partial charge >= 0.3 is 0 Å². The monoisotopic (exact) mass is 382 g/mol. The molecule has 0 spiro atoms. The van der Waals surface area contributed by atoms with Crippen molar-refractivity contribution in [2.45, 2.75) is 12.2 Å². The third-order valence-electron chi connectivity index (χ3n) is 2.02. The average Bonchev–Trinajstić information content (AvgIpc) is 2.38. The van der Waals surface area contributed by atoms with Crippen LogP contribution in [0, 0.1) is 0 Å². The van der Waals surface area contributed by atoms with Crippen molar-refractivity contribution < 1.29 is 49.6 Å². The van der Waals surface area contributed by atoms with Gasteiger partial charge in [0, 0.05) is 0 Å². The summed E-state index contributed by atoms with van der Waals surface area (Å²) >= 11 is 0. The van der Waals surface area contributed by atoms with Crippen molar-refractivity contribution in [1.82, 2.24) is 0 Å². The Labute approximate surface area is 135 Å². The van der Waals surface area contributed by atoms with E-state index in [1.54, 1.807) is 0 Å². The summed E-state index contributed by atoms with van der Waals surface area (Å²) in [5, 5.41) is 17.1. The van der Waals surface area contributed by atoms with Gasteiger partial charge in [-0.25, -0.2) is 0 Å². The molecule has 0 rings (SSSR count). The first kappa shape index (κ1) is 22.6. The molecule has 13 heteroatoms. The summed E-state index contributed by atoms with van der Waals surface area (Å²) in [5.74, 6) is 0. The van der Waals surface area contributed by atoms with Gasteiger partial charge in [0.15, 0.2) is 0 Å². The van der Waals surface area contributed by atoms with Gasteiger partial charge in [0.1, 0.15) is 25.8 Å². The van der Waals surface area contributed by atoms with Crippen molar-refractivity contribution in [1.29, 1.82) is 0 Å². The van der Waals surface area contributed by atoms with Gasteiger partial charge in [0.2, 0.25) is 0 Å². The Morgan fingerprint density at radius 1 is 0.696 bits per heavy atom. The molecule has 0 saturated carbocycles. The van der Waals surface area contributed by atoms with Gasteiger partial charge in [-0.05, 0) is 0 Å². The quantitative estimate of drug-likeness (QED) is 0.244. The number of hydrogen-bond donors (Lipinski definition) is 2. The normalized spacial score (nSPS) is 15.5. The molecule has 0 heterocycles. The van der Waals surface area contributed by atoms with Crippen LogP contribution in [0.4, 0.5) is 0 Å². The lowest BCUT2D eigenvalue weighted by atomic mass is 10.4. The maximum Gasteiger partial charge on any atom is 0.264 e. The van der Waals surface area contributed by atoms with Crippen LogP contribution in [0.25, 0.3) is 0 Å². The number of aliphatic hydroxyl groups excluding tert-OH is 2. The topological polar surface area (TPSA) is 155 Å². The van der Waals surface area contributed by atoms with Gasteiger partial charge in [-0.1, -0.05) is 0 Å². The van der Waals surface area contributed by atoms with Crippen molar-refractivity contribution in [3.63, 3.8) is 0 Å². The zero-order valence-electron chi connectivity index (χ0n) is 12.8. The summed E-state index contributed by atoms with van der Waals surface area (Å²) in [6, 6.07) is 0. The van der Waals surface area contributed by atoms with Crippen LogP contribution in [0.1, 0.15) is 0 Å². The van der Waals surface area contributed by atoms with E-state index >= 15 is 0 Å². The second-order valence-corrected chi connectivity index (χ2v) is 7.58. The van der Waals surface area contributed by atoms with Gasteiger partial charge in [0.25, 0.3) is 20.2 Å². The molecule has 2 N–H and O–H groups in total. The van der Waals surface area contributed by atoms with Crippen LogP contribution < -0.4 is 0 Å². The molecule has 0 bridgehead atoms. The van der Waals surface area contributed by atoms with E-state index in [0.29, 0.717) is 0 Å². The second-order valence-electron chi connectivity index (χ2n) is 4.38. The Kier molecular flexibility index (Phi) is 11.0. The molecule has 23 heavy (non-hydrogen) atoms. The largest absolute Gasteiger partial charge is 0.376 e. The van der Waals surface area contributed by atoms with Crippen LogP contribution >= 0.6 is 0 Å². The Morgan fingerprint density at radius 3 is 1.26 bits per heavy atom. The number of hydrogen-bond acceptors (Lipinski definition) is 11. The van der Waals surface area contributed by atoms with Crippen molar-refractivity contribution in [3.05, 3.63) is 0 Å². The highest BCUT2D eigenvalue weighted by molar-refractivity contribution is 7.86. The fraction of sp³-hybridized carbons (Fsp3) is 1.00. The predicted octanol–water partition coefficient (Wildman–Crippen LogP) is -2.37. The van der Waals surface area contributed by atoms with Crippen LogP contribution in [-0.4, -0.2) is 91.8 Å². The predicted molar refractivity (Wildman–Crippen MR) is 76.3 cm³/mol. The summed E-state index contributed by atoms with van der Waals surface area (Å²) in [4.78, 5) is 0. The maximum absolute atomic E-state index is 11.1. The third kappa shape index (κ3) is 14.9. The Bertz CT molecular complexity index is 455. The van der Waals surface area contributed by atoms with Crippen molar-refractivity contribution >= 4 is 20.2 Å². The van der Waals surface area contributed by atoms with Crippen molar-refractivity contribution in [3.8, 4) is 0 Å². The van der Waals surface area contributed by atoms with E-state index in [-0.39, 0.29) is 26.4 Å². The molecule has 0 aliphatic heterocycles. The smallest absolute Gasteiger partial charge is 0.264 e. The summed E-state index contributed by atoms with van der Waals surface area (Å²) in [5.41, 5.74) is 0. The lowest BCUT2D eigenvalue weighted by molar-refractivity contribution is -0.0766. The standard InChI is InChI=1S/C10H22O11S2/c1-22(13,14)20-9(5-18-7-11)3-17-4-10(6-19-8-12)21-23(2,15)16/h9-12H,3-8H2,1-2H3. The average molecular weight is 382 g/mol. The molecule has 0 aromatic carbocycles. The van der Waals surface area contributed by atoms with E-state index in [4.69, 9.17) is 14.9 Å². The Balaban J connectivity index is 4.47. The number of aliphatic hydroxyl groups is 2. The highest BCUT2D eigenvalue weighted by Crippen LogP contribution is 2.04. The zero-order valence-corrected chi connectivity index (χ0v) is 14.4. The van der Waals surface area contributed by atoms with Crippen LogP contribution in [0.3, 0.4) is 0 Å². The maximum atomic E-state index is 11.1. The Hall–Kier alpha value is -0.380. The van der Waals surface area contributed by atoms with E-state index in [9.17, 15) is 16.8 Å². The van der Waals surface area contributed by atoms with Crippen molar-refractivity contribution in [2.75, 3.05) is 52.5 Å². The molecule has 0 amide bonds. The second kappa shape index (κ2) is 11.2. The molecule has 0 radical (unpaired) electrons. The molecule has 2 unspecified atom stereocenters. The molecule has 0 aliphatic rings. The van der Waals surface area contributed by atoms with E-state index in [0.717, 1.165) is 12.5 Å². The first-order valence-corrected chi connectivity index (χ1v) is 9.92. The molecule has 0 aromatic rings. The SMILES string of the molecule is CS(=O)(=O)OC(COCO)COCC(COCO)OS(C)(=O)=O. The fourth-order valence-corrected chi connectivity index (χ4v) is 2.61. The molecule has 11 nitrogen and oxygen atoms in total. The van der Waals surface area contributed by atoms with E-state index in [2.05, 4.69) is 17.8 Å². The Morgan fingerprint density at radius 2 is 1.00 bits per heavy atom. The van der Waals surface area contributed by atoms with Gasteiger partial charge in [-0.15, -0.1) is 0 Å². The molecule has 0 fully saturated rings. The first-order valence-electron chi connectivity index (χ1n) is 6.29. The number of rotatable bonds is 14. The molecule has 0 aromatic heterocycles. The van der Waals surface area contributed by atoms with Crippen molar-refractivity contribution in [2.24, 2.45) is 0 Å². The van der Waals surface area contributed by atoms with Crippen LogP contribution in [0.15, 0.2) is 0 Å². The fourth-order valence-electron chi connectivity index (χ4n) is 1.40. The van der Waals surface area contributed by atoms with Crippen LogP contribution in [0.5, 0.6) is 0 Å². The molecule has 0 aliphatic carbocycles. The third-order valence-corrected chi connectivity index (χ3v) is 3.26. The first-order chi connectivity index (χ1) is 10.6. The van der Waals surface area contributed by atoms with Gasteiger partial charge < -0.3 is 24.4 Å². The minimum Gasteiger partial charge on any atom is -0.376 e. The molecular weight excluding hydrogens is 360 g/mol.